The van der Waals surface area contributed by atoms with E-state index < -0.39 is 10.8 Å². The zero-order valence-electron chi connectivity index (χ0n) is 10.7. The summed E-state index contributed by atoms with van der Waals surface area (Å²) < 4.78 is 12.3. The molecule has 1 aliphatic carbocycles. The number of rotatable bonds is 5. The van der Waals surface area contributed by atoms with Crippen LogP contribution in [0.15, 0.2) is 24.3 Å². The highest BCUT2D eigenvalue weighted by molar-refractivity contribution is 7.84. The Labute approximate surface area is 117 Å². The van der Waals surface area contributed by atoms with E-state index in [1.54, 1.807) is 0 Å². The van der Waals surface area contributed by atoms with E-state index in [1.165, 1.54) is 0 Å². The van der Waals surface area contributed by atoms with Gasteiger partial charge in [-0.15, -0.1) is 0 Å². The highest BCUT2D eigenvalue weighted by Gasteiger charge is 2.28. The second-order valence-corrected chi connectivity index (χ2v) is 6.99. The Kier molecular flexibility index (Phi) is 5.22. The molecule has 1 fully saturated rings. The number of benzene rings is 1. The van der Waals surface area contributed by atoms with Gasteiger partial charge in [-0.2, -0.15) is 0 Å². The maximum atomic E-state index is 12.3. The number of halogens is 1. The Bertz CT molecular complexity index is 407. The molecule has 0 spiro atoms. The zero-order chi connectivity index (χ0) is 13.0. The predicted octanol–water partition coefficient (Wildman–Crippen LogP) is 3.12. The molecule has 18 heavy (non-hydrogen) atoms. The van der Waals surface area contributed by atoms with Gasteiger partial charge in [0.1, 0.15) is 0 Å². The fourth-order valence-corrected chi connectivity index (χ4v) is 4.24. The first-order valence-corrected chi connectivity index (χ1v) is 8.30. The highest BCUT2D eigenvalue weighted by atomic mass is 35.5. The summed E-state index contributed by atoms with van der Waals surface area (Å²) in [6, 6.07) is 8.23. The molecule has 0 radical (unpaired) electrons. The number of hydrogen-bond donors (Lipinski definition) is 1. The molecule has 1 N–H and O–H groups in total. The molecule has 1 aromatic rings. The fraction of sp³-hybridized carbons (Fsp3) is 0.571. The van der Waals surface area contributed by atoms with Gasteiger partial charge in [0.05, 0.1) is 0 Å². The van der Waals surface area contributed by atoms with Crippen LogP contribution in [0.2, 0.25) is 5.02 Å². The highest BCUT2D eigenvalue weighted by Crippen LogP contribution is 2.25. The van der Waals surface area contributed by atoms with E-state index in [0.717, 1.165) is 36.4 Å². The van der Waals surface area contributed by atoms with Crippen LogP contribution in [0.3, 0.4) is 0 Å². The second-order valence-electron chi connectivity index (χ2n) is 4.84. The third kappa shape index (κ3) is 3.81. The molecular formula is C14H20ClNOS. The molecular weight excluding hydrogens is 266 g/mol. The van der Waals surface area contributed by atoms with Crippen LogP contribution in [0.4, 0.5) is 0 Å². The summed E-state index contributed by atoms with van der Waals surface area (Å²) in [6.07, 6.45) is 3.29. The summed E-state index contributed by atoms with van der Waals surface area (Å²) in [7, 11) is -0.760. The van der Waals surface area contributed by atoms with Crippen LogP contribution >= 0.6 is 11.6 Å². The van der Waals surface area contributed by atoms with Crippen molar-refractivity contribution in [2.75, 3.05) is 6.54 Å². The van der Waals surface area contributed by atoms with Gasteiger partial charge in [-0.1, -0.05) is 30.7 Å². The average molecular weight is 286 g/mol. The van der Waals surface area contributed by atoms with Crippen LogP contribution in [-0.2, 0) is 16.6 Å². The molecule has 2 rings (SSSR count). The molecule has 100 valence electrons. The molecule has 0 heterocycles. The van der Waals surface area contributed by atoms with E-state index in [1.807, 2.05) is 24.3 Å². The van der Waals surface area contributed by atoms with E-state index in [0.29, 0.717) is 17.0 Å². The minimum atomic E-state index is -0.760. The van der Waals surface area contributed by atoms with E-state index in [-0.39, 0.29) is 0 Å². The first-order chi connectivity index (χ1) is 8.69. The Balaban J connectivity index is 1.87. The van der Waals surface area contributed by atoms with Crippen LogP contribution in [0.25, 0.3) is 0 Å². The van der Waals surface area contributed by atoms with Gasteiger partial charge in [0.2, 0.25) is 0 Å². The minimum Gasteiger partial charge on any atom is -0.314 e. The lowest BCUT2D eigenvalue weighted by atomic mass is 10.2. The molecule has 0 aliphatic heterocycles. The summed E-state index contributed by atoms with van der Waals surface area (Å²) in [4.78, 5) is 0. The van der Waals surface area contributed by atoms with Gasteiger partial charge in [0, 0.05) is 32.9 Å². The van der Waals surface area contributed by atoms with Gasteiger partial charge in [0.25, 0.3) is 0 Å². The standard InChI is InChI=1S/C14H20ClNOS/c1-2-16-13-7-8-14(9-13)18(17)10-11-3-5-12(15)6-4-11/h3-6,13-14,16H,2,7-10H2,1H3. The maximum absolute atomic E-state index is 12.3. The molecule has 0 saturated heterocycles. The quantitative estimate of drug-likeness (QED) is 0.901. The van der Waals surface area contributed by atoms with Gasteiger partial charge in [-0.05, 0) is 43.5 Å². The average Bonchev–Trinajstić information content (AvgIpc) is 2.81. The van der Waals surface area contributed by atoms with E-state index >= 15 is 0 Å². The van der Waals surface area contributed by atoms with Crippen molar-refractivity contribution < 1.29 is 4.21 Å². The maximum Gasteiger partial charge on any atom is 0.0488 e. The molecule has 0 amide bonds. The normalized spacial score (nSPS) is 25.2. The van der Waals surface area contributed by atoms with Crippen molar-refractivity contribution in [1.29, 1.82) is 0 Å². The topological polar surface area (TPSA) is 29.1 Å². The smallest absolute Gasteiger partial charge is 0.0488 e. The molecule has 3 atom stereocenters. The summed E-state index contributed by atoms with van der Waals surface area (Å²) in [6.45, 7) is 3.12. The van der Waals surface area contributed by atoms with Gasteiger partial charge in [-0.25, -0.2) is 0 Å². The van der Waals surface area contributed by atoms with Crippen molar-refractivity contribution in [1.82, 2.24) is 5.32 Å². The van der Waals surface area contributed by atoms with Gasteiger partial charge in [0.15, 0.2) is 0 Å². The Morgan fingerprint density at radius 2 is 2.06 bits per heavy atom. The molecule has 4 heteroatoms. The van der Waals surface area contributed by atoms with E-state index in [2.05, 4.69) is 12.2 Å². The summed E-state index contributed by atoms with van der Waals surface area (Å²) in [5, 5.41) is 4.53. The van der Waals surface area contributed by atoms with E-state index in [9.17, 15) is 4.21 Å². The van der Waals surface area contributed by atoms with Gasteiger partial charge >= 0.3 is 0 Å². The minimum absolute atomic E-state index is 0.352. The van der Waals surface area contributed by atoms with E-state index in [4.69, 9.17) is 11.6 Å². The molecule has 3 unspecified atom stereocenters. The SMILES string of the molecule is CCNC1CCC(S(=O)Cc2ccc(Cl)cc2)C1. The monoisotopic (exact) mass is 285 g/mol. The van der Waals surface area contributed by atoms with Crippen LogP contribution in [-0.4, -0.2) is 22.0 Å². The third-order valence-corrected chi connectivity index (χ3v) is 5.51. The summed E-state index contributed by atoms with van der Waals surface area (Å²) in [5.74, 6) is 0.653. The third-order valence-electron chi connectivity index (χ3n) is 3.47. The van der Waals surface area contributed by atoms with Crippen LogP contribution < -0.4 is 5.32 Å². The summed E-state index contributed by atoms with van der Waals surface area (Å²) >= 11 is 5.85. The Morgan fingerprint density at radius 3 is 2.72 bits per heavy atom. The van der Waals surface area contributed by atoms with Gasteiger partial charge in [-0.3, -0.25) is 4.21 Å². The molecule has 1 saturated carbocycles. The van der Waals surface area contributed by atoms with Crippen molar-refractivity contribution in [2.24, 2.45) is 0 Å². The van der Waals surface area contributed by atoms with Gasteiger partial charge < -0.3 is 5.32 Å². The Morgan fingerprint density at radius 1 is 1.33 bits per heavy atom. The first-order valence-electron chi connectivity index (χ1n) is 6.54. The summed E-state index contributed by atoms with van der Waals surface area (Å²) in [5.41, 5.74) is 1.12. The first kappa shape index (κ1) is 14.0. The van der Waals surface area contributed by atoms with Crippen LogP contribution in [0.1, 0.15) is 31.7 Å². The molecule has 0 bridgehead atoms. The van der Waals surface area contributed by atoms with Crippen molar-refractivity contribution in [3.05, 3.63) is 34.9 Å². The lowest BCUT2D eigenvalue weighted by Gasteiger charge is -2.12. The van der Waals surface area contributed by atoms with Crippen molar-refractivity contribution >= 4 is 22.4 Å². The van der Waals surface area contributed by atoms with Crippen molar-refractivity contribution in [2.45, 2.75) is 43.2 Å². The lowest BCUT2D eigenvalue weighted by Crippen LogP contribution is -2.27. The molecule has 2 nitrogen and oxygen atoms in total. The van der Waals surface area contributed by atoms with Crippen LogP contribution in [0.5, 0.6) is 0 Å². The second kappa shape index (κ2) is 6.69. The number of nitrogens with one attached hydrogen (secondary N) is 1. The molecule has 1 aliphatic rings. The van der Waals surface area contributed by atoms with Crippen molar-refractivity contribution in [3.63, 3.8) is 0 Å². The predicted molar refractivity (Wildman–Crippen MR) is 78.4 cm³/mol. The number of hydrogen-bond acceptors (Lipinski definition) is 2. The zero-order valence-corrected chi connectivity index (χ0v) is 12.3. The molecule has 1 aromatic carbocycles. The van der Waals surface area contributed by atoms with Crippen molar-refractivity contribution in [3.8, 4) is 0 Å². The van der Waals surface area contributed by atoms with Crippen LogP contribution in [0, 0.1) is 0 Å². The Hall–Kier alpha value is -0.380. The molecule has 0 aromatic heterocycles. The lowest BCUT2D eigenvalue weighted by molar-refractivity contribution is 0.542. The fourth-order valence-electron chi connectivity index (χ4n) is 2.52. The largest absolute Gasteiger partial charge is 0.314 e.